The zero-order valence-electron chi connectivity index (χ0n) is 3.32. The summed E-state index contributed by atoms with van der Waals surface area (Å²) in [7, 11) is 0. The summed E-state index contributed by atoms with van der Waals surface area (Å²) in [6, 6.07) is 0. The molecule has 0 fully saturated rings. The van der Waals surface area contributed by atoms with Crippen LogP contribution in [0.5, 0.6) is 0 Å². The van der Waals surface area contributed by atoms with Crippen molar-refractivity contribution >= 4 is 0 Å². The normalized spacial score (nSPS) is 14.5. The van der Waals surface area contributed by atoms with Gasteiger partial charge in [-0.15, -0.1) is 0 Å². The van der Waals surface area contributed by atoms with E-state index in [1.807, 2.05) is 0 Å². The first kappa shape index (κ1) is 5.82. The minimum atomic E-state index is -1.45. The molecule has 0 aromatic heterocycles. The van der Waals surface area contributed by atoms with Gasteiger partial charge in [0.1, 0.15) is 12.8 Å². The molecule has 2 N–H and O–H groups in total. The first-order valence-electron chi connectivity index (χ1n) is 1.71. The Balaban J connectivity index is 2.75. The van der Waals surface area contributed by atoms with Crippen molar-refractivity contribution < 1.29 is 8.78 Å². The van der Waals surface area contributed by atoms with E-state index in [4.69, 9.17) is 0 Å². The Morgan fingerprint density at radius 3 is 2.17 bits per heavy atom. The van der Waals surface area contributed by atoms with Gasteiger partial charge in [-0.05, 0) is 0 Å². The molecule has 38 valence electrons. The average Bonchev–Trinajstić information content (AvgIpc) is 1.65. The molecule has 0 amide bonds. The zero-order valence-corrected chi connectivity index (χ0v) is 3.32. The lowest BCUT2D eigenvalue weighted by molar-refractivity contribution is 0.268. The molecule has 0 spiro atoms. The summed E-state index contributed by atoms with van der Waals surface area (Å²) in [5.74, 6) is 0. The third-order valence-corrected chi connectivity index (χ3v) is 0.423. The van der Waals surface area contributed by atoms with Gasteiger partial charge in [0.05, 0.1) is 0 Å². The second kappa shape index (κ2) is 3.03. The molecule has 0 saturated carbocycles. The maximum atomic E-state index is 11.4. The Kier molecular flexibility index (Phi) is 2.94. The number of hydrogen-bond acceptors (Lipinski definition) is 1. The van der Waals surface area contributed by atoms with Gasteiger partial charge in [0.25, 0.3) is 0 Å². The van der Waals surface area contributed by atoms with Crippen molar-refractivity contribution in [2.45, 2.75) is 6.17 Å². The van der Waals surface area contributed by atoms with E-state index in [1.54, 1.807) is 0 Å². The third-order valence-electron chi connectivity index (χ3n) is 0.423. The number of hydrogen-bond donors (Lipinski definition) is 1. The quantitative estimate of drug-likeness (QED) is 0.522. The first-order valence-corrected chi connectivity index (χ1v) is 1.71. The van der Waals surface area contributed by atoms with E-state index >= 15 is 0 Å². The Hall–Kier alpha value is -0.180. The number of rotatable bonds is 2. The maximum absolute atomic E-state index is 11.4. The molecular weight excluding hydrogens is 88.0 g/mol. The smallest absolute Gasteiger partial charge is 0.140 e. The highest BCUT2D eigenvalue weighted by atomic mass is 19.2. The lowest BCUT2D eigenvalue weighted by Gasteiger charge is -1.91. The first-order chi connectivity index (χ1) is 2.81. The van der Waals surface area contributed by atoms with Crippen LogP contribution in [0.3, 0.4) is 0 Å². The van der Waals surface area contributed by atoms with E-state index in [0.717, 1.165) is 0 Å². The summed E-state index contributed by atoms with van der Waals surface area (Å²) < 4.78 is 22.3. The lowest BCUT2D eigenvalue weighted by Crippen LogP contribution is -2.16. The molecule has 0 radical (unpaired) electrons. The minimum Gasteiger partial charge on any atom is -0.328 e. The van der Waals surface area contributed by atoms with Crippen LogP contribution in [-0.2, 0) is 0 Å². The Morgan fingerprint density at radius 2 is 2.17 bits per heavy atom. The molecule has 0 aromatic carbocycles. The fraction of sp³-hybridized carbons (Fsp3) is 1.00. The van der Waals surface area contributed by atoms with E-state index < -0.39 is 12.8 Å². The van der Waals surface area contributed by atoms with Crippen LogP contribution in [0.15, 0.2) is 0 Å². The Labute approximate surface area is 35.1 Å². The standard InChI is InChI=1S/C3H7F2N/c4-1-3(5)2-6/h3H,1-2,6H2/t3-/m1/s1. The van der Waals surface area contributed by atoms with Gasteiger partial charge in [-0.1, -0.05) is 0 Å². The molecule has 1 nitrogen and oxygen atoms in total. The van der Waals surface area contributed by atoms with Crippen LogP contribution in [0.25, 0.3) is 0 Å². The fourth-order valence-electron chi connectivity index (χ4n) is 0.0630. The summed E-state index contributed by atoms with van der Waals surface area (Å²) >= 11 is 0. The monoisotopic (exact) mass is 95.1 g/mol. The lowest BCUT2D eigenvalue weighted by atomic mass is 10.4. The van der Waals surface area contributed by atoms with Crippen LogP contribution in [-0.4, -0.2) is 19.4 Å². The molecule has 0 aromatic rings. The second-order valence-corrected chi connectivity index (χ2v) is 0.987. The predicted octanol–water partition coefficient (Wildman–Crippen LogP) is 0.253. The Morgan fingerprint density at radius 1 is 1.67 bits per heavy atom. The van der Waals surface area contributed by atoms with Gasteiger partial charge in [-0.25, -0.2) is 8.78 Å². The summed E-state index contributed by atoms with van der Waals surface area (Å²) in [6.07, 6.45) is -1.45. The van der Waals surface area contributed by atoms with Gasteiger partial charge >= 0.3 is 0 Å². The van der Waals surface area contributed by atoms with E-state index in [0.29, 0.717) is 0 Å². The molecule has 0 heterocycles. The summed E-state index contributed by atoms with van der Waals surface area (Å²) in [6.45, 7) is -1.17. The van der Waals surface area contributed by atoms with Gasteiger partial charge in [0.2, 0.25) is 0 Å². The number of halogens is 2. The van der Waals surface area contributed by atoms with E-state index in [-0.39, 0.29) is 6.54 Å². The van der Waals surface area contributed by atoms with Gasteiger partial charge in [0, 0.05) is 6.54 Å². The fourth-order valence-corrected chi connectivity index (χ4v) is 0.0630. The summed E-state index contributed by atoms with van der Waals surface area (Å²) in [5.41, 5.74) is 4.67. The van der Waals surface area contributed by atoms with Crippen LogP contribution in [0.2, 0.25) is 0 Å². The highest BCUT2D eigenvalue weighted by molar-refractivity contribution is 4.49. The van der Waals surface area contributed by atoms with Gasteiger partial charge < -0.3 is 5.73 Å². The molecule has 3 heteroatoms. The SMILES string of the molecule is NC[C@H](F)CF. The van der Waals surface area contributed by atoms with Crippen LogP contribution < -0.4 is 5.73 Å². The molecule has 0 aliphatic rings. The van der Waals surface area contributed by atoms with Gasteiger partial charge in [-0.3, -0.25) is 0 Å². The molecule has 0 rings (SSSR count). The van der Waals surface area contributed by atoms with Crippen LogP contribution >= 0.6 is 0 Å². The predicted molar refractivity (Wildman–Crippen MR) is 19.9 cm³/mol. The molecule has 1 atom stereocenters. The molecule has 6 heavy (non-hydrogen) atoms. The molecule has 0 unspecified atom stereocenters. The highest BCUT2D eigenvalue weighted by Gasteiger charge is 1.97. The van der Waals surface area contributed by atoms with Crippen molar-refractivity contribution in [1.82, 2.24) is 0 Å². The largest absolute Gasteiger partial charge is 0.328 e. The summed E-state index contributed by atoms with van der Waals surface area (Å²) in [4.78, 5) is 0. The van der Waals surface area contributed by atoms with E-state index in [2.05, 4.69) is 5.73 Å². The van der Waals surface area contributed by atoms with Crippen molar-refractivity contribution in [3.8, 4) is 0 Å². The van der Waals surface area contributed by atoms with Crippen molar-refractivity contribution in [2.24, 2.45) is 5.73 Å². The number of alkyl halides is 2. The average molecular weight is 95.1 g/mol. The van der Waals surface area contributed by atoms with Crippen LogP contribution in [0.4, 0.5) is 8.78 Å². The topological polar surface area (TPSA) is 26.0 Å². The maximum Gasteiger partial charge on any atom is 0.140 e. The Bertz CT molecular complexity index is 28.0. The van der Waals surface area contributed by atoms with Gasteiger partial charge in [-0.2, -0.15) is 0 Å². The van der Waals surface area contributed by atoms with Crippen molar-refractivity contribution in [2.75, 3.05) is 13.2 Å². The van der Waals surface area contributed by atoms with Crippen LogP contribution in [0.1, 0.15) is 0 Å². The minimum absolute atomic E-state index is 0.212. The molecule has 0 bridgehead atoms. The molecular formula is C3H7F2N. The highest BCUT2D eigenvalue weighted by Crippen LogP contribution is 1.84. The van der Waals surface area contributed by atoms with Crippen molar-refractivity contribution in [3.05, 3.63) is 0 Å². The molecule has 0 aliphatic carbocycles. The van der Waals surface area contributed by atoms with E-state index in [9.17, 15) is 8.78 Å². The van der Waals surface area contributed by atoms with E-state index in [1.165, 1.54) is 0 Å². The van der Waals surface area contributed by atoms with Crippen LogP contribution in [0, 0.1) is 0 Å². The van der Waals surface area contributed by atoms with Gasteiger partial charge in [0.15, 0.2) is 0 Å². The second-order valence-electron chi connectivity index (χ2n) is 0.987. The third kappa shape index (κ3) is 2.08. The zero-order chi connectivity index (χ0) is 4.99. The number of nitrogens with two attached hydrogens (primary N) is 1. The molecule has 0 aliphatic heterocycles. The van der Waals surface area contributed by atoms with Crippen molar-refractivity contribution in [1.29, 1.82) is 0 Å². The summed E-state index contributed by atoms with van der Waals surface area (Å²) in [5, 5.41) is 0. The van der Waals surface area contributed by atoms with Crippen molar-refractivity contribution in [3.63, 3.8) is 0 Å². The molecule has 0 saturated heterocycles.